The summed E-state index contributed by atoms with van der Waals surface area (Å²) in [5, 5.41) is 0. The van der Waals surface area contributed by atoms with Crippen LogP contribution in [0.3, 0.4) is 0 Å². The zero-order valence-corrected chi connectivity index (χ0v) is 12.6. The van der Waals surface area contributed by atoms with Gasteiger partial charge in [-0.15, -0.1) is 11.8 Å². The van der Waals surface area contributed by atoms with Crippen LogP contribution in [0.15, 0.2) is 57.9 Å². The fourth-order valence-electron chi connectivity index (χ4n) is 1.59. The highest BCUT2D eigenvalue weighted by atomic mass is 79.9. The van der Waals surface area contributed by atoms with E-state index in [1.807, 2.05) is 30.3 Å². The molecule has 0 heterocycles. The maximum absolute atomic E-state index is 10.9. The Labute approximate surface area is 125 Å². The summed E-state index contributed by atoms with van der Waals surface area (Å²) < 4.78 is 6.49. The van der Waals surface area contributed by atoms with E-state index in [9.17, 15) is 4.79 Å². The average Bonchev–Trinajstić information content (AvgIpc) is 2.46. The Kier molecular flexibility index (Phi) is 5.48. The van der Waals surface area contributed by atoms with Crippen molar-refractivity contribution < 1.29 is 9.53 Å². The molecule has 0 fully saturated rings. The molecule has 0 bridgehead atoms. The topological polar surface area (TPSA) is 26.3 Å². The first kappa shape index (κ1) is 14.2. The van der Waals surface area contributed by atoms with Crippen LogP contribution in [0.5, 0.6) is 5.75 Å². The second-order valence-corrected chi connectivity index (χ2v) is 5.81. The first-order chi connectivity index (χ1) is 9.31. The van der Waals surface area contributed by atoms with Gasteiger partial charge in [0.05, 0.1) is 16.6 Å². The molecule has 2 nitrogen and oxygen atoms in total. The lowest BCUT2D eigenvalue weighted by molar-refractivity contribution is 0.111. The van der Waals surface area contributed by atoms with Crippen LogP contribution in [0.1, 0.15) is 10.4 Å². The Balaban J connectivity index is 1.88. The molecule has 0 radical (unpaired) electrons. The Morgan fingerprint density at radius 3 is 2.63 bits per heavy atom. The molecule has 2 aromatic carbocycles. The van der Waals surface area contributed by atoms with Gasteiger partial charge in [0.25, 0.3) is 0 Å². The number of aldehydes is 1. The third kappa shape index (κ3) is 4.11. The largest absolute Gasteiger partial charge is 0.491 e. The summed E-state index contributed by atoms with van der Waals surface area (Å²) in [5.74, 6) is 1.45. The van der Waals surface area contributed by atoms with Crippen LogP contribution in [0.25, 0.3) is 0 Å². The van der Waals surface area contributed by atoms with E-state index in [0.717, 1.165) is 16.5 Å². The van der Waals surface area contributed by atoms with Crippen molar-refractivity contribution in [3.05, 3.63) is 58.6 Å². The van der Waals surface area contributed by atoms with Crippen LogP contribution < -0.4 is 4.74 Å². The molecule has 19 heavy (non-hydrogen) atoms. The van der Waals surface area contributed by atoms with Gasteiger partial charge in [-0.25, -0.2) is 0 Å². The van der Waals surface area contributed by atoms with E-state index in [-0.39, 0.29) is 0 Å². The number of ether oxygens (including phenoxy) is 1. The number of para-hydroxylation sites is 1. The van der Waals surface area contributed by atoms with E-state index in [1.165, 1.54) is 4.90 Å². The van der Waals surface area contributed by atoms with Crippen LogP contribution in [0.2, 0.25) is 0 Å². The molecule has 0 atom stereocenters. The molecule has 4 heteroatoms. The summed E-state index contributed by atoms with van der Waals surface area (Å²) >= 11 is 5.12. The lowest BCUT2D eigenvalue weighted by Crippen LogP contribution is -2.03. The Morgan fingerprint density at radius 1 is 1.11 bits per heavy atom. The minimum absolute atomic E-state index is 0.559. The molecule has 98 valence electrons. The van der Waals surface area contributed by atoms with Crippen molar-refractivity contribution in [2.24, 2.45) is 0 Å². The lowest BCUT2D eigenvalue weighted by Gasteiger charge is -2.10. The monoisotopic (exact) mass is 336 g/mol. The van der Waals surface area contributed by atoms with Gasteiger partial charge in [-0.05, 0) is 40.2 Å². The molecule has 0 aliphatic heterocycles. The Hall–Kier alpha value is -1.26. The second-order valence-electron chi connectivity index (χ2n) is 3.79. The van der Waals surface area contributed by atoms with Gasteiger partial charge in [0.2, 0.25) is 0 Å². The highest BCUT2D eigenvalue weighted by Crippen LogP contribution is 2.28. The van der Waals surface area contributed by atoms with Gasteiger partial charge in [-0.1, -0.05) is 24.3 Å². The normalized spacial score (nSPS) is 10.2. The molecule has 0 aromatic heterocycles. The fourth-order valence-corrected chi connectivity index (χ4v) is 2.84. The molecule has 0 N–H and O–H groups in total. The minimum atomic E-state index is 0.559. The van der Waals surface area contributed by atoms with Crippen LogP contribution in [0.4, 0.5) is 0 Å². The van der Waals surface area contributed by atoms with Gasteiger partial charge in [-0.2, -0.15) is 0 Å². The highest BCUT2D eigenvalue weighted by molar-refractivity contribution is 9.10. The number of carbonyl (C=O) groups is 1. The van der Waals surface area contributed by atoms with Crippen LogP contribution in [0, 0.1) is 0 Å². The number of thioether (sulfide) groups is 1. The standard InChI is InChI=1S/C15H13BrO2S/c16-14-8-4-5-12(11-17)15(14)18-9-10-19-13-6-2-1-3-7-13/h1-8,11H,9-10H2. The molecule has 0 aliphatic carbocycles. The smallest absolute Gasteiger partial charge is 0.153 e. The molecule has 0 spiro atoms. The molecule has 2 aromatic rings. The third-order valence-electron chi connectivity index (χ3n) is 2.47. The van der Waals surface area contributed by atoms with Crippen molar-refractivity contribution >= 4 is 34.0 Å². The van der Waals surface area contributed by atoms with Crippen molar-refractivity contribution in [3.8, 4) is 5.75 Å². The van der Waals surface area contributed by atoms with E-state index >= 15 is 0 Å². The van der Waals surface area contributed by atoms with Gasteiger partial charge in [0, 0.05) is 10.6 Å². The number of rotatable bonds is 6. The predicted octanol–water partition coefficient (Wildman–Crippen LogP) is 4.43. The number of benzene rings is 2. The van der Waals surface area contributed by atoms with Crippen molar-refractivity contribution in [1.29, 1.82) is 0 Å². The summed E-state index contributed by atoms with van der Waals surface area (Å²) in [6.45, 7) is 0.559. The summed E-state index contributed by atoms with van der Waals surface area (Å²) in [6.07, 6.45) is 0.810. The third-order valence-corrected chi connectivity index (χ3v) is 4.07. The summed E-state index contributed by atoms with van der Waals surface area (Å²) in [6, 6.07) is 15.6. The van der Waals surface area contributed by atoms with Gasteiger partial charge >= 0.3 is 0 Å². The average molecular weight is 337 g/mol. The zero-order valence-electron chi connectivity index (χ0n) is 10.2. The van der Waals surface area contributed by atoms with Crippen molar-refractivity contribution in [1.82, 2.24) is 0 Å². The van der Waals surface area contributed by atoms with Crippen molar-refractivity contribution in [3.63, 3.8) is 0 Å². The molecule has 0 amide bonds. The van der Waals surface area contributed by atoms with E-state index in [0.29, 0.717) is 17.9 Å². The SMILES string of the molecule is O=Cc1cccc(Br)c1OCCSc1ccccc1. The van der Waals surface area contributed by atoms with Gasteiger partial charge < -0.3 is 4.74 Å². The van der Waals surface area contributed by atoms with Crippen molar-refractivity contribution in [2.75, 3.05) is 12.4 Å². The quantitative estimate of drug-likeness (QED) is 0.443. The molecular weight excluding hydrogens is 324 g/mol. The maximum atomic E-state index is 10.9. The van der Waals surface area contributed by atoms with Crippen molar-refractivity contribution in [2.45, 2.75) is 4.90 Å². The van der Waals surface area contributed by atoms with E-state index in [4.69, 9.17) is 4.74 Å². The summed E-state index contributed by atoms with van der Waals surface area (Å²) in [7, 11) is 0. The van der Waals surface area contributed by atoms with E-state index < -0.39 is 0 Å². The molecule has 0 aliphatic rings. The van der Waals surface area contributed by atoms with Crippen LogP contribution in [-0.2, 0) is 0 Å². The second kappa shape index (κ2) is 7.36. The van der Waals surface area contributed by atoms with Crippen LogP contribution >= 0.6 is 27.7 Å². The fraction of sp³-hybridized carbons (Fsp3) is 0.133. The summed E-state index contributed by atoms with van der Waals surface area (Å²) in [4.78, 5) is 12.1. The van der Waals surface area contributed by atoms with Gasteiger partial charge in [-0.3, -0.25) is 4.79 Å². The maximum Gasteiger partial charge on any atom is 0.153 e. The number of halogens is 1. The van der Waals surface area contributed by atoms with Crippen LogP contribution in [-0.4, -0.2) is 18.6 Å². The molecule has 0 saturated carbocycles. The zero-order chi connectivity index (χ0) is 13.5. The van der Waals surface area contributed by atoms with E-state index in [1.54, 1.807) is 17.8 Å². The highest BCUT2D eigenvalue weighted by Gasteiger charge is 2.06. The number of carbonyl (C=O) groups excluding carboxylic acids is 1. The Morgan fingerprint density at radius 2 is 1.89 bits per heavy atom. The molecule has 0 saturated heterocycles. The van der Waals surface area contributed by atoms with Gasteiger partial charge in [0.1, 0.15) is 5.75 Å². The van der Waals surface area contributed by atoms with Gasteiger partial charge in [0.15, 0.2) is 6.29 Å². The number of hydrogen-bond donors (Lipinski definition) is 0. The lowest BCUT2D eigenvalue weighted by atomic mass is 10.2. The molecule has 2 rings (SSSR count). The number of hydrogen-bond acceptors (Lipinski definition) is 3. The molecule has 0 unspecified atom stereocenters. The predicted molar refractivity (Wildman–Crippen MR) is 82.2 cm³/mol. The minimum Gasteiger partial charge on any atom is -0.491 e. The Bertz CT molecular complexity index is 543. The van der Waals surface area contributed by atoms with E-state index in [2.05, 4.69) is 28.1 Å². The first-order valence-corrected chi connectivity index (χ1v) is 7.63. The molecular formula is C15H13BrO2S. The first-order valence-electron chi connectivity index (χ1n) is 5.85. The summed E-state index contributed by atoms with van der Waals surface area (Å²) in [5.41, 5.74) is 0.569.